The average molecular weight is 853 g/mol. The number of nitrogens with zero attached hydrogens (tertiary/aromatic N) is 6. The molecule has 4 heterocycles. The number of rotatable bonds is 16. The predicted molar refractivity (Wildman–Crippen MR) is 234 cm³/mol. The van der Waals surface area contributed by atoms with Crippen molar-refractivity contribution in [3.63, 3.8) is 0 Å². The van der Waals surface area contributed by atoms with Crippen molar-refractivity contribution in [1.29, 1.82) is 0 Å². The van der Waals surface area contributed by atoms with Gasteiger partial charge in [-0.25, -0.2) is 19.6 Å². The van der Waals surface area contributed by atoms with Crippen LogP contribution in [-0.4, -0.2) is 98.9 Å². The lowest BCUT2D eigenvalue weighted by atomic mass is 10.0. The summed E-state index contributed by atoms with van der Waals surface area (Å²) in [6.45, 7) is 9.09. The molecule has 4 aromatic rings. The molecular weight excluding hydrogens is 797 g/mol. The smallest absolute Gasteiger partial charge is 0.410 e. The third kappa shape index (κ3) is 11.0. The number of urea groups is 1. The number of ether oxygens (including phenoxy) is 1. The van der Waals surface area contributed by atoms with Gasteiger partial charge in [0.05, 0.1) is 23.5 Å². The Morgan fingerprint density at radius 2 is 1.65 bits per heavy atom. The first kappa shape index (κ1) is 44.9. The molecule has 6 rings (SSSR count). The Kier molecular flexibility index (Phi) is 14.7. The number of hydrogen-bond acceptors (Lipinski definition) is 13. The van der Waals surface area contributed by atoms with Crippen molar-refractivity contribution in [2.45, 2.75) is 91.0 Å². The Labute approximate surface area is 359 Å². The zero-order chi connectivity index (χ0) is 44.5. The standard InChI is InChI=1S/C43H56N12O7/c1-25(2)36(44)39(58)50-33(10-7-17-46-41(45)60)38(57)49-29-13-11-28(12-14-29)24-62-43(61)54-20-18-53(19-21-54)31-15-16-34(47-22-31)51-42-48-23-32-26(3)35(27(4)56)40(59)55(37(32)52-42)30-8-5-6-9-30/h11-16,22-23,25,30,33,36H,5-10,17-21,24,44H2,1-4H3,(H,49,57)(H,50,58)(H3,45,46,60)(H,47,48,51,52)/t33-,36-/m0/s1. The Hall–Kier alpha value is -6.63. The van der Waals surface area contributed by atoms with Crippen LogP contribution < -0.4 is 43.2 Å². The van der Waals surface area contributed by atoms with Crippen molar-refractivity contribution < 1.29 is 28.7 Å². The van der Waals surface area contributed by atoms with Gasteiger partial charge in [-0.05, 0) is 80.8 Å². The van der Waals surface area contributed by atoms with E-state index < -0.39 is 36.0 Å². The molecule has 1 saturated carbocycles. The zero-order valence-electron chi connectivity index (χ0n) is 35.6. The molecule has 0 bridgehead atoms. The number of ketones is 1. The van der Waals surface area contributed by atoms with Gasteiger partial charge in [-0.2, -0.15) is 4.98 Å². The van der Waals surface area contributed by atoms with E-state index in [1.165, 1.54) is 6.92 Å². The van der Waals surface area contributed by atoms with Gasteiger partial charge < -0.3 is 47.3 Å². The minimum absolute atomic E-state index is 0.0252. The van der Waals surface area contributed by atoms with E-state index in [2.05, 4.69) is 36.1 Å². The lowest BCUT2D eigenvalue weighted by Crippen LogP contribution is -2.51. The maximum absolute atomic E-state index is 13.6. The number of benzene rings is 1. The number of amides is 5. The fraction of sp³-hybridized carbons (Fsp3) is 0.465. The van der Waals surface area contributed by atoms with Crippen LogP contribution in [0.2, 0.25) is 0 Å². The van der Waals surface area contributed by atoms with E-state index in [0.717, 1.165) is 36.9 Å². The van der Waals surface area contributed by atoms with E-state index >= 15 is 0 Å². The molecule has 0 spiro atoms. The fourth-order valence-electron chi connectivity index (χ4n) is 7.72. The van der Waals surface area contributed by atoms with Crippen molar-refractivity contribution >= 4 is 63.9 Å². The monoisotopic (exact) mass is 852 g/mol. The molecule has 1 saturated heterocycles. The van der Waals surface area contributed by atoms with E-state index in [1.54, 1.807) is 53.0 Å². The van der Waals surface area contributed by atoms with Gasteiger partial charge in [0.1, 0.15) is 24.1 Å². The van der Waals surface area contributed by atoms with Crippen LogP contribution in [0.1, 0.15) is 86.8 Å². The van der Waals surface area contributed by atoms with Crippen molar-refractivity contribution in [3.05, 3.63) is 75.8 Å². The van der Waals surface area contributed by atoms with Crippen LogP contribution in [0.25, 0.3) is 11.0 Å². The van der Waals surface area contributed by atoms with Crippen molar-refractivity contribution in [3.8, 4) is 0 Å². The summed E-state index contributed by atoms with van der Waals surface area (Å²) in [5.41, 5.74) is 14.2. The summed E-state index contributed by atoms with van der Waals surface area (Å²) in [7, 11) is 0. The molecule has 2 aliphatic rings. The van der Waals surface area contributed by atoms with Gasteiger partial charge >= 0.3 is 12.1 Å². The molecule has 1 aliphatic carbocycles. The predicted octanol–water partition coefficient (Wildman–Crippen LogP) is 3.87. The van der Waals surface area contributed by atoms with E-state index in [0.29, 0.717) is 60.7 Å². The van der Waals surface area contributed by atoms with Gasteiger partial charge in [0, 0.05) is 56.0 Å². The summed E-state index contributed by atoms with van der Waals surface area (Å²) in [6.07, 6.45) is 7.32. The van der Waals surface area contributed by atoms with Crippen LogP contribution in [0.15, 0.2) is 53.6 Å². The molecule has 2 fully saturated rings. The Morgan fingerprint density at radius 3 is 2.27 bits per heavy atom. The molecule has 19 nitrogen and oxygen atoms in total. The molecule has 5 amide bonds. The number of aromatic nitrogens is 4. The molecule has 1 aromatic carbocycles. The summed E-state index contributed by atoms with van der Waals surface area (Å²) in [6, 6.07) is 8.19. The highest BCUT2D eigenvalue weighted by Gasteiger charge is 2.28. The lowest BCUT2D eigenvalue weighted by molar-refractivity contribution is -0.128. The number of nitrogens with two attached hydrogens (primary N) is 2. The topological polar surface area (TPSA) is 262 Å². The number of aryl methyl sites for hydroxylation is 1. The molecule has 0 radical (unpaired) electrons. The number of hydrogen-bond donors (Lipinski definition) is 6. The number of carbonyl (C=O) groups excluding carboxylic acids is 5. The number of nitrogens with one attached hydrogen (secondary N) is 4. The third-order valence-corrected chi connectivity index (χ3v) is 11.3. The molecule has 2 atom stereocenters. The minimum Gasteiger partial charge on any atom is -0.445 e. The molecule has 3 aromatic heterocycles. The highest BCUT2D eigenvalue weighted by Crippen LogP contribution is 2.32. The van der Waals surface area contributed by atoms with Crippen LogP contribution in [0, 0.1) is 12.8 Å². The second-order valence-electron chi connectivity index (χ2n) is 16.1. The van der Waals surface area contributed by atoms with E-state index in [-0.39, 0.29) is 54.4 Å². The van der Waals surface area contributed by atoms with Gasteiger partial charge in [0.25, 0.3) is 5.56 Å². The maximum atomic E-state index is 13.6. The number of fused-ring (bicyclic) bond motifs is 1. The Bertz CT molecular complexity index is 2320. The molecule has 62 heavy (non-hydrogen) atoms. The quantitative estimate of drug-likeness (QED) is 0.0692. The first-order valence-electron chi connectivity index (χ1n) is 21.0. The largest absolute Gasteiger partial charge is 0.445 e. The summed E-state index contributed by atoms with van der Waals surface area (Å²) < 4.78 is 7.28. The van der Waals surface area contributed by atoms with Crippen LogP contribution >= 0.6 is 0 Å². The highest BCUT2D eigenvalue weighted by molar-refractivity contribution is 5.99. The second kappa shape index (κ2) is 20.3. The number of carbonyl (C=O) groups is 5. The number of piperazine rings is 1. The molecule has 19 heteroatoms. The number of anilines is 4. The van der Waals surface area contributed by atoms with Crippen LogP contribution in [0.4, 0.5) is 32.7 Å². The first-order valence-corrected chi connectivity index (χ1v) is 21.0. The van der Waals surface area contributed by atoms with E-state index in [9.17, 15) is 28.8 Å². The van der Waals surface area contributed by atoms with Gasteiger partial charge in [-0.1, -0.05) is 38.8 Å². The van der Waals surface area contributed by atoms with Gasteiger partial charge in [0.15, 0.2) is 5.78 Å². The average Bonchev–Trinajstić information content (AvgIpc) is 3.78. The fourth-order valence-corrected chi connectivity index (χ4v) is 7.72. The second-order valence-corrected chi connectivity index (χ2v) is 16.1. The SMILES string of the molecule is CC(=O)c1c(C)c2cnc(Nc3ccc(N4CCN(C(=O)OCc5ccc(NC(=O)[C@H](CCCNC(N)=O)NC(=O)[C@@H](N)C(C)C)cc5)CC4)cn3)nc2n(C2CCCC2)c1=O. The Morgan fingerprint density at radius 1 is 0.935 bits per heavy atom. The minimum atomic E-state index is -0.897. The highest BCUT2D eigenvalue weighted by atomic mass is 16.6. The summed E-state index contributed by atoms with van der Waals surface area (Å²) >= 11 is 0. The molecule has 8 N–H and O–H groups in total. The lowest BCUT2D eigenvalue weighted by Gasteiger charge is -2.35. The zero-order valence-corrected chi connectivity index (χ0v) is 35.6. The maximum Gasteiger partial charge on any atom is 0.410 e. The normalized spacial score (nSPS) is 15.3. The van der Waals surface area contributed by atoms with Crippen molar-refractivity contribution in [2.75, 3.05) is 48.3 Å². The van der Waals surface area contributed by atoms with Crippen LogP contribution in [0.5, 0.6) is 0 Å². The van der Waals surface area contributed by atoms with Crippen LogP contribution in [-0.2, 0) is 20.9 Å². The number of primary amides is 1. The van der Waals surface area contributed by atoms with E-state index in [4.69, 9.17) is 21.2 Å². The van der Waals surface area contributed by atoms with E-state index in [1.807, 2.05) is 26.0 Å². The number of Topliss-reactive ketones (excluding diaryl/α,β-unsaturated/α-hetero) is 1. The first-order chi connectivity index (χ1) is 29.7. The molecule has 330 valence electrons. The molecular formula is C43H56N12O7. The van der Waals surface area contributed by atoms with Crippen LogP contribution in [0.3, 0.4) is 0 Å². The third-order valence-electron chi connectivity index (χ3n) is 11.3. The summed E-state index contributed by atoms with van der Waals surface area (Å²) in [5, 5.41) is 11.8. The van der Waals surface area contributed by atoms with Gasteiger partial charge in [-0.15, -0.1) is 0 Å². The summed E-state index contributed by atoms with van der Waals surface area (Å²) in [5.74, 6) is -0.490. The van der Waals surface area contributed by atoms with Gasteiger partial charge in [0.2, 0.25) is 17.8 Å². The number of pyridine rings is 2. The molecule has 1 aliphatic heterocycles. The van der Waals surface area contributed by atoms with Crippen molar-refractivity contribution in [1.82, 2.24) is 35.1 Å². The molecule has 0 unspecified atom stereocenters. The Balaban J connectivity index is 0.985. The van der Waals surface area contributed by atoms with Gasteiger partial charge in [-0.3, -0.25) is 23.7 Å². The van der Waals surface area contributed by atoms with Crippen molar-refractivity contribution in [2.24, 2.45) is 17.4 Å². The summed E-state index contributed by atoms with van der Waals surface area (Å²) in [4.78, 5) is 93.5.